The van der Waals surface area contributed by atoms with E-state index < -0.39 is 16.0 Å². The van der Waals surface area contributed by atoms with Crippen LogP contribution in [0.15, 0.2) is 54.6 Å². The Bertz CT molecular complexity index is 938. The van der Waals surface area contributed by atoms with Gasteiger partial charge in [-0.05, 0) is 36.9 Å². The van der Waals surface area contributed by atoms with Crippen molar-refractivity contribution in [2.24, 2.45) is 0 Å². The van der Waals surface area contributed by atoms with Crippen LogP contribution in [0.2, 0.25) is 0 Å². The van der Waals surface area contributed by atoms with Crippen molar-refractivity contribution >= 4 is 21.7 Å². The zero-order chi connectivity index (χ0) is 21.6. The lowest BCUT2D eigenvalue weighted by molar-refractivity contribution is 0.0600. The van der Waals surface area contributed by atoms with Gasteiger partial charge in [0.15, 0.2) is 0 Å². The van der Waals surface area contributed by atoms with Gasteiger partial charge in [-0.2, -0.15) is 0 Å². The third kappa shape index (κ3) is 5.66. The Hall–Kier alpha value is -2.26. The van der Waals surface area contributed by atoms with Crippen LogP contribution < -0.4 is 9.21 Å². The Morgan fingerprint density at radius 3 is 2.30 bits per heavy atom. The maximum Gasteiger partial charge on any atom is 0.337 e. The van der Waals surface area contributed by atoms with Crippen LogP contribution in [0.5, 0.6) is 0 Å². The summed E-state index contributed by atoms with van der Waals surface area (Å²) in [6, 6.07) is 16.9. The third-order valence-electron chi connectivity index (χ3n) is 5.78. The number of quaternary nitrogens is 1. The second kappa shape index (κ2) is 9.70. The number of ether oxygens (including phenoxy) is 1. The van der Waals surface area contributed by atoms with Gasteiger partial charge in [-0.1, -0.05) is 30.3 Å². The highest BCUT2D eigenvalue weighted by molar-refractivity contribution is 7.89. The third-order valence-corrected chi connectivity index (χ3v) is 7.09. The molecule has 2 aromatic carbocycles. The number of esters is 1. The van der Waals surface area contributed by atoms with E-state index in [1.54, 1.807) is 24.3 Å². The zero-order valence-corrected chi connectivity index (χ0v) is 18.4. The average Bonchev–Trinajstić information content (AvgIpc) is 2.78. The van der Waals surface area contributed by atoms with Gasteiger partial charge in [0, 0.05) is 19.6 Å². The van der Waals surface area contributed by atoms with Gasteiger partial charge in [0.2, 0.25) is 10.0 Å². The van der Waals surface area contributed by atoms with Gasteiger partial charge in [-0.25, -0.2) is 17.9 Å². The van der Waals surface area contributed by atoms with Crippen molar-refractivity contribution in [3.8, 4) is 0 Å². The molecule has 30 heavy (non-hydrogen) atoms. The van der Waals surface area contributed by atoms with Crippen molar-refractivity contribution < 1.29 is 17.9 Å². The molecule has 0 bridgehead atoms. The number of benzene rings is 2. The minimum atomic E-state index is -3.44. The SMILES string of the molecule is COC(=O)c1ccc(CNS(=O)(=O)CC[N+]2(c3ccccc3)CCN(C)CC2)cc1. The van der Waals surface area contributed by atoms with E-state index in [0.29, 0.717) is 16.6 Å². The summed E-state index contributed by atoms with van der Waals surface area (Å²) in [4.78, 5) is 13.8. The summed E-state index contributed by atoms with van der Waals surface area (Å²) in [5.41, 5.74) is 2.39. The van der Waals surface area contributed by atoms with Gasteiger partial charge < -0.3 is 4.74 Å². The lowest BCUT2D eigenvalue weighted by atomic mass is 10.1. The molecule has 7 nitrogen and oxygen atoms in total. The first kappa shape index (κ1) is 22.4. The van der Waals surface area contributed by atoms with Crippen LogP contribution in [0.25, 0.3) is 0 Å². The van der Waals surface area contributed by atoms with Gasteiger partial charge in [0.1, 0.15) is 11.4 Å². The molecule has 0 unspecified atom stereocenters. The fourth-order valence-corrected chi connectivity index (χ4v) is 4.86. The molecule has 1 aliphatic rings. The summed E-state index contributed by atoms with van der Waals surface area (Å²) in [5.74, 6) is -0.351. The summed E-state index contributed by atoms with van der Waals surface area (Å²) in [6.07, 6.45) is 0. The van der Waals surface area contributed by atoms with Crippen LogP contribution in [0.3, 0.4) is 0 Å². The van der Waals surface area contributed by atoms with E-state index in [1.807, 2.05) is 18.2 Å². The standard InChI is InChI=1S/C22H30N3O4S/c1-24-12-14-25(15-13-24,21-6-4-3-5-7-21)16-17-30(27,28)23-18-19-8-10-20(11-9-19)22(26)29-2/h3-11,23H,12-18H2,1-2H3/q+1. The molecule has 1 aliphatic heterocycles. The zero-order valence-electron chi connectivity index (χ0n) is 17.6. The number of methoxy groups -OCH3 is 1. The highest BCUT2D eigenvalue weighted by Crippen LogP contribution is 2.25. The first-order valence-electron chi connectivity index (χ1n) is 10.1. The predicted octanol–water partition coefficient (Wildman–Crippen LogP) is 1.85. The Morgan fingerprint density at radius 1 is 1.07 bits per heavy atom. The Morgan fingerprint density at radius 2 is 1.70 bits per heavy atom. The summed E-state index contributed by atoms with van der Waals surface area (Å²) in [5, 5.41) is 0. The van der Waals surface area contributed by atoms with Crippen molar-refractivity contribution in [3.05, 3.63) is 65.7 Å². The monoisotopic (exact) mass is 432 g/mol. The van der Waals surface area contributed by atoms with E-state index in [1.165, 1.54) is 12.8 Å². The van der Waals surface area contributed by atoms with Gasteiger partial charge in [-0.3, -0.25) is 9.38 Å². The van der Waals surface area contributed by atoms with Crippen LogP contribution in [-0.4, -0.2) is 71.9 Å². The molecular formula is C22H30N3O4S+. The number of rotatable bonds is 8. The second-order valence-corrected chi connectivity index (χ2v) is 9.71. The van der Waals surface area contributed by atoms with Gasteiger partial charge in [0.05, 0.1) is 32.3 Å². The van der Waals surface area contributed by atoms with E-state index in [2.05, 4.69) is 33.5 Å². The summed E-state index contributed by atoms with van der Waals surface area (Å²) in [6.45, 7) is 4.40. The van der Waals surface area contributed by atoms with E-state index in [0.717, 1.165) is 31.7 Å². The maximum absolute atomic E-state index is 12.7. The fraction of sp³-hybridized carbons (Fsp3) is 0.409. The molecule has 0 amide bonds. The predicted molar refractivity (Wildman–Crippen MR) is 119 cm³/mol. The van der Waals surface area contributed by atoms with Gasteiger partial charge in [0.25, 0.3) is 0 Å². The molecule has 162 valence electrons. The molecule has 0 saturated carbocycles. The lowest BCUT2D eigenvalue weighted by Gasteiger charge is -2.43. The van der Waals surface area contributed by atoms with Crippen molar-refractivity contribution in [2.45, 2.75) is 6.54 Å². The van der Waals surface area contributed by atoms with Gasteiger partial charge >= 0.3 is 5.97 Å². The number of nitrogens with zero attached hydrogens (tertiary/aromatic N) is 2. The largest absolute Gasteiger partial charge is 0.465 e. The number of piperazine rings is 1. The molecule has 1 saturated heterocycles. The minimum absolute atomic E-state index is 0.0614. The molecule has 2 aromatic rings. The Labute approximate surface area is 178 Å². The van der Waals surface area contributed by atoms with Crippen molar-refractivity contribution in [3.63, 3.8) is 0 Å². The molecule has 0 aliphatic carbocycles. The molecule has 0 aromatic heterocycles. The molecule has 1 heterocycles. The molecule has 1 fully saturated rings. The van der Waals surface area contributed by atoms with E-state index >= 15 is 0 Å². The van der Waals surface area contributed by atoms with E-state index in [-0.39, 0.29) is 12.3 Å². The van der Waals surface area contributed by atoms with Crippen molar-refractivity contribution in [2.75, 3.05) is 52.6 Å². The van der Waals surface area contributed by atoms with Crippen LogP contribution in [-0.2, 0) is 21.3 Å². The molecule has 8 heteroatoms. The number of carbonyl (C=O) groups excluding carboxylic acids is 1. The first-order chi connectivity index (χ1) is 14.3. The quantitative estimate of drug-likeness (QED) is 0.509. The second-order valence-electron chi connectivity index (χ2n) is 7.78. The molecule has 0 spiro atoms. The number of sulfonamides is 1. The van der Waals surface area contributed by atoms with E-state index in [4.69, 9.17) is 0 Å². The van der Waals surface area contributed by atoms with Crippen LogP contribution in [0, 0.1) is 0 Å². The number of para-hydroxylation sites is 1. The normalized spacial score (nSPS) is 16.9. The maximum atomic E-state index is 12.7. The summed E-state index contributed by atoms with van der Waals surface area (Å²) in [7, 11) is -0.0122. The van der Waals surface area contributed by atoms with Crippen molar-refractivity contribution in [1.29, 1.82) is 0 Å². The topological polar surface area (TPSA) is 75.7 Å². The van der Waals surface area contributed by atoms with E-state index in [9.17, 15) is 13.2 Å². The molecular weight excluding hydrogens is 402 g/mol. The van der Waals surface area contributed by atoms with Crippen LogP contribution in [0.4, 0.5) is 5.69 Å². The van der Waals surface area contributed by atoms with Crippen LogP contribution in [0.1, 0.15) is 15.9 Å². The molecule has 0 atom stereocenters. The highest BCUT2D eigenvalue weighted by Gasteiger charge is 2.35. The Balaban J connectivity index is 1.63. The number of likely N-dealkylation sites (N-methyl/N-ethyl adjacent to an activating group) is 1. The molecule has 1 N–H and O–H groups in total. The number of hydrogen-bond donors (Lipinski definition) is 1. The minimum Gasteiger partial charge on any atom is -0.465 e. The summed E-state index contributed by atoms with van der Waals surface area (Å²) >= 11 is 0. The molecule has 3 rings (SSSR count). The Kier molecular flexibility index (Phi) is 7.25. The van der Waals surface area contributed by atoms with Crippen molar-refractivity contribution in [1.82, 2.24) is 14.1 Å². The fourth-order valence-electron chi connectivity index (χ4n) is 3.74. The number of hydrogen-bond acceptors (Lipinski definition) is 5. The smallest absolute Gasteiger partial charge is 0.337 e. The lowest BCUT2D eigenvalue weighted by Crippen LogP contribution is -2.61. The highest BCUT2D eigenvalue weighted by atomic mass is 32.2. The molecule has 0 radical (unpaired) electrons. The van der Waals surface area contributed by atoms with Gasteiger partial charge in [-0.15, -0.1) is 0 Å². The average molecular weight is 433 g/mol. The number of carbonyl (C=O) groups is 1. The summed E-state index contributed by atoms with van der Waals surface area (Å²) < 4.78 is 33.4. The number of nitrogens with one attached hydrogen (secondary N) is 1. The van der Waals surface area contributed by atoms with Crippen LogP contribution >= 0.6 is 0 Å². The first-order valence-corrected chi connectivity index (χ1v) is 11.7.